The van der Waals surface area contributed by atoms with Crippen LogP contribution in [-0.4, -0.2) is 0 Å². The Balaban J connectivity index is 0.000000371. The quantitative estimate of drug-likeness (QED) is 0.504. The van der Waals surface area contributed by atoms with Gasteiger partial charge in [-0.3, -0.25) is 0 Å². The van der Waals surface area contributed by atoms with Crippen molar-refractivity contribution in [3.8, 4) is 0 Å². The van der Waals surface area contributed by atoms with Gasteiger partial charge in [-0.15, -0.1) is 23.7 Å². The van der Waals surface area contributed by atoms with Crippen molar-refractivity contribution >= 4 is 25.2 Å². The maximum absolute atomic E-state index is 12.0. The third-order valence-corrected chi connectivity index (χ3v) is 0.963. The van der Waals surface area contributed by atoms with Gasteiger partial charge in [0, 0.05) is 5.82 Å². The van der Waals surface area contributed by atoms with Gasteiger partial charge in [0.1, 0.15) is 0 Å². The molecule has 0 aromatic heterocycles. The maximum atomic E-state index is 12.0. The van der Waals surface area contributed by atoms with E-state index < -0.39 is 5.82 Å². The molecule has 0 heterocycles. The van der Waals surface area contributed by atoms with Crippen molar-refractivity contribution in [2.24, 2.45) is 0 Å². The van der Waals surface area contributed by atoms with E-state index in [2.05, 4.69) is 19.7 Å². The van der Waals surface area contributed by atoms with Gasteiger partial charge in [0.2, 0.25) is 0 Å². The van der Waals surface area contributed by atoms with Gasteiger partial charge in [0.05, 0.1) is 0 Å². The van der Waals surface area contributed by atoms with Crippen molar-refractivity contribution in [1.82, 2.24) is 0 Å². The minimum absolute atomic E-state index is 0.404. The molecule has 0 aliphatic heterocycles. The van der Waals surface area contributed by atoms with Gasteiger partial charge in [-0.1, -0.05) is 5.02 Å². The summed E-state index contributed by atoms with van der Waals surface area (Å²) in [6.07, 6.45) is 0. The molecule has 0 bridgehead atoms. The monoisotopic (exact) mass is 272 g/mol. The molecule has 1 aromatic rings. The first kappa shape index (κ1) is 10.5. The molecule has 1 rings (SSSR count). The third kappa shape index (κ3) is 4.37. The van der Waals surface area contributed by atoms with E-state index in [-0.39, 0.29) is 0 Å². The second-order valence-electron chi connectivity index (χ2n) is 1.35. The molecule has 0 radical (unpaired) electrons. The number of halogens is 3. The molecule has 0 aliphatic carbocycles. The van der Waals surface area contributed by atoms with E-state index in [0.717, 1.165) is 0 Å². The van der Waals surface area contributed by atoms with Gasteiger partial charge < -0.3 is 0 Å². The van der Waals surface area contributed by atoms with Crippen molar-refractivity contribution < 1.29 is 20.7 Å². The van der Waals surface area contributed by atoms with E-state index in [1.807, 2.05) is 0 Å². The second-order valence-corrected chi connectivity index (χ2v) is 1.79. The predicted molar refractivity (Wildman–Crippen MR) is 39.2 cm³/mol. The van der Waals surface area contributed by atoms with Crippen molar-refractivity contribution in [2.45, 2.75) is 0 Å². The Bertz CT molecular complexity index is 178. The van der Waals surface area contributed by atoms with E-state index >= 15 is 0 Å². The van der Waals surface area contributed by atoms with Crippen LogP contribution in [-0.2, 0) is 16.3 Å². The van der Waals surface area contributed by atoms with Gasteiger partial charge >= 0.3 is 30.0 Å². The van der Waals surface area contributed by atoms with E-state index in [1.54, 1.807) is 6.07 Å². The first-order valence-electron chi connectivity index (χ1n) is 2.38. The summed E-state index contributed by atoms with van der Waals surface area (Å²) in [6.45, 7) is 0. The van der Waals surface area contributed by atoms with Gasteiger partial charge in [-0.25, -0.2) is 4.39 Å². The Labute approximate surface area is 80.8 Å². The van der Waals surface area contributed by atoms with Crippen LogP contribution in [0.5, 0.6) is 0 Å². The van der Waals surface area contributed by atoms with Gasteiger partial charge in [0.25, 0.3) is 0 Å². The molecule has 0 atom stereocenters. The van der Waals surface area contributed by atoms with Crippen LogP contribution in [0.15, 0.2) is 18.2 Å². The summed E-state index contributed by atoms with van der Waals surface area (Å²) in [5.74, 6) is -0.419. The van der Waals surface area contributed by atoms with Gasteiger partial charge in [-0.05, 0) is 0 Å². The molecule has 1 aromatic carbocycles. The zero-order chi connectivity index (χ0) is 7.98. The fourth-order valence-electron chi connectivity index (χ4n) is 0.412. The fraction of sp³-hybridized carbons (Fsp3) is 0. The summed E-state index contributed by atoms with van der Waals surface area (Å²) in [4.78, 5) is 0. The molecule has 0 saturated heterocycles. The standard InChI is InChI=1S/C6H3ClF.BrH.Zn/c7-5-2-1-3-6(8)4-5;;/h1-2,4H;1H;/q-1;;+2/p-1. The number of hydrogen-bond acceptors (Lipinski definition) is 0. The first-order chi connectivity index (χ1) is 4.79. The molecule has 0 aliphatic rings. The average Bonchev–Trinajstić information content (AvgIpc) is 1.91. The topological polar surface area (TPSA) is 0 Å². The molecular weight excluding hydrogens is 272 g/mol. The van der Waals surface area contributed by atoms with Crippen molar-refractivity contribution in [1.29, 1.82) is 0 Å². The molecule has 0 fully saturated rings. The molecular formula is C6H3BrClFZn. The SMILES string of the molecule is Fc1[c-]ccc(Cl)c1.[Zn+][Br]. The summed E-state index contributed by atoms with van der Waals surface area (Å²) in [6, 6.07) is 6.55. The van der Waals surface area contributed by atoms with Crippen LogP contribution in [0.4, 0.5) is 4.39 Å². The Morgan fingerprint density at radius 1 is 1.60 bits per heavy atom. The minimum atomic E-state index is -0.419. The summed E-state index contributed by atoms with van der Waals surface area (Å²) >= 11 is 9.63. The Morgan fingerprint density at radius 2 is 2.20 bits per heavy atom. The van der Waals surface area contributed by atoms with Crippen molar-refractivity contribution in [3.05, 3.63) is 35.1 Å². The van der Waals surface area contributed by atoms with Crippen LogP contribution in [0, 0.1) is 11.9 Å². The molecule has 0 amide bonds. The second kappa shape index (κ2) is 6.27. The van der Waals surface area contributed by atoms with Gasteiger partial charge in [-0.2, -0.15) is 12.1 Å². The molecule has 0 unspecified atom stereocenters. The van der Waals surface area contributed by atoms with Crippen molar-refractivity contribution in [3.63, 3.8) is 0 Å². The molecule has 4 heteroatoms. The van der Waals surface area contributed by atoms with Crippen LogP contribution in [0.3, 0.4) is 0 Å². The van der Waals surface area contributed by atoms with E-state index in [0.29, 0.717) is 5.02 Å². The zero-order valence-corrected chi connectivity index (χ0v) is 10.4. The average molecular weight is 275 g/mol. The van der Waals surface area contributed by atoms with Crippen molar-refractivity contribution in [2.75, 3.05) is 0 Å². The molecule has 0 saturated carbocycles. The summed E-state index contributed by atoms with van der Waals surface area (Å²) in [7, 11) is 0. The number of hydrogen-bond donors (Lipinski definition) is 0. The van der Waals surface area contributed by atoms with Crippen LogP contribution in [0.25, 0.3) is 0 Å². The Morgan fingerprint density at radius 3 is 2.50 bits per heavy atom. The third-order valence-electron chi connectivity index (χ3n) is 0.728. The number of benzene rings is 1. The molecule has 0 N–H and O–H groups in total. The fourth-order valence-corrected chi connectivity index (χ4v) is 0.571. The van der Waals surface area contributed by atoms with E-state index in [4.69, 9.17) is 11.6 Å². The van der Waals surface area contributed by atoms with E-state index in [1.165, 1.54) is 28.5 Å². The predicted octanol–water partition coefficient (Wildman–Crippen LogP) is 3.12. The molecule has 0 nitrogen and oxygen atoms in total. The van der Waals surface area contributed by atoms with Crippen LogP contribution < -0.4 is 0 Å². The normalized spacial score (nSPS) is 8.10. The Kier molecular flexibility index (Phi) is 6.61. The van der Waals surface area contributed by atoms with Crippen LogP contribution in [0.2, 0.25) is 5.02 Å². The summed E-state index contributed by atoms with van der Waals surface area (Å²) in [5, 5.41) is 0.404. The first-order valence-corrected chi connectivity index (χ1v) is 9.71. The molecule has 50 valence electrons. The molecule has 10 heavy (non-hydrogen) atoms. The Hall–Kier alpha value is 0.543. The van der Waals surface area contributed by atoms with E-state index in [9.17, 15) is 4.39 Å². The van der Waals surface area contributed by atoms with Crippen LogP contribution in [0.1, 0.15) is 0 Å². The van der Waals surface area contributed by atoms with Crippen LogP contribution >= 0.6 is 25.2 Å². The number of rotatable bonds is 0. The zero-order valence-electron chi connectivity index (χ0n) is 5.07. The summed E-state index contributed by atoms with van der Waals surface area (Å²) in [5.41, 5.74) is 0. The molecule has 0 spiro atoms. The summed E-state index contributed by atoms with van der Waals surface area (Å²) < 4.78 is 12.0. The van der Waals surface area contributed by atoms with Gasteiger partial charge in [0.15, 0.2) is 0 Å².